The molecule has 1 amide bonds. The van der Waals surface area contributed by atoms with Crippen molar-refractivity contribution in [1.82, 2.24) is 4.90 Å². The van der Waals surface area contributed by atoms with E-state index >= 15 is 0 Å². The fourth-order valence-corrected chi connectivity index (χ4v) is 1.88. The second-order valence-electron chi connectivity index (χ2n) is 4.98. The molecule has 0 aliphatic heterocycles. The van der Waals surface area contributed by atoms with Crippen LogP contribution >= 0.6 is 0 Å². The number of hydrogen-bond donors (Lipinski definition) is 1. The van der Waals surface area contributed by atoms with Crippen LogP contribution < -0.4 is 5.73 Å². The van der Waals surface area contributed by atoms with E-state index in [1.165, 1.54) is 11.1 Å². The average Bonchev–Trinajstić information content (AvgIpc) is 2.30. The second-order valence-corrected chi connectivity index (χ2v) is 4.98. The molecule has 0 aliphatic rings. The summed E-state index contributed by atoms with van der Waals surface area (Å²) >= 11 is 0. The van der Waals surface area contributed by atoms with E-state index in [1.807, 2.05) is 11.8 Å². The first-order chi connectivity index (χ1) is 8.52. The maximum atomic E-state index is 12.1. The molecule has 2 N–H and O–H groups in total. The van der Waals surface area contributed by atoms with Crippen LogP contribution in [-0.4, -0.2) is 23.4 Å². The number of rotatable bonds is 6. The molecule has 1 aromatic rings. The van der Waals surface area contributed by atoms with Crippen LogP contribution in [0.3, 0.4) is 0 Å². The van der Waals surface area contributed by atoms with Crippen molar-refractivity contribution in [1.29, 1.82) is 0 Å². The van der Waals surface area contributed by atoms with Gasteiger partial charge in [-0.15, -0.1) is 0 Å². The van der Waals surface area contributed by atoms with Crippen LogP contribution in [0.1, 0.15) is 37.8 Å². The number of nitrogens with two attached hydrogens (primary N) is 1. The molecule has 1 rings (SSSR count). The van der Waals surface area contributed by atoms with Crippen molar-refractivity contribution in [3.63, 3.8) is 0 Å². The van der Waals surface area contributed by atoms with Gasteiger partial charge in [-0.1, -0.05) is 36.8 Å². The second kappa shape index (κ2) is 7.17. The van der Waals surface area contributed by atoms with Gasteiger partial charge in [-0.2, -0.15) is 0 Å². The Balaban J connectivity index is 2.67. The quantitative estimate of drug-likeness (QED) is 0.840. The summed E-state index contributed by atoms with van der Waals surface area (Å²) < 4.78 is 0. The lowest BCUT2D eigenvalue weighted by atomic mass is 10.1. The number of carbonyl (C=O) groups is 1. The molecule has 0 aromatic heterocycles. The summed E-state index contributed by atoms with van der Waals surface area (Å²) in [6.07, 6.45) is 1.39. The number of benzene rings is 1. The predicted octanol–water partition coefficient (Wildman–Crippen LogP) is 2.47. The molecule has 1 aromatic carbocycles. The van der Waals surface area contributed by atoms with Crippen LogP contribution in [0, 0.1) is 6.92 Å². The third-order valence-corrected chi connectivity index (χ3v) is 2.84. The van der Waals surface area contributed by atoms with Crippen molar-refractivity contribution in [2.24, 2.45) is 5.73 Å². The first-order valence-electron chi connectivity index (χ1n) is 6.61. The summed E-state index contributed by atoms with van der Waals surface area (Å²) in [5.74, 6) is 0.146. The van der Waals surface area contributed by atoms with E-state index in [-0.39, 0.29) is 11.9 Å². The van der Waals surface area contributed by atoms with E-state index in [0.717, 1.165) is 13.0 Å². The van der Waals surface area contributed by atoms with Crippen LogP contribution in [0.5, 0.6) is 0 Å². The van der Waals surface area contributed by atoms with Crippen LogP contribution in [0.15, 0.2) is 24.3 Å². The van der Waals surface area contributed by atoms with Gasteiger partial charge in [0.05, 0.1) is 0 Å². The van der Waals surface area contributed by atoms with Gasteiger partial charge in [-0.05, 0) is 25.8 Å². The molecule has 0 saturated heterocycles. The number of amides is 1. The topological polar surface area (TPSA) is 46.3 Å². The first kappa shape index (κ1) is 14.7. The molecule has 0 fully saturated rings. The molecule has 0 bridgehead atoms. The highest BCUT2D eigenvalue weighted by Gasteiger charge is 2.14. The minimum Gasteiger partial charge on any atom is -0.338 e. The minimum atomic E-state index is -0.0742. The molecule has 100 valence electrons. The van der Waals surface area contributed by atoms with Crippen molar-refractivity contribution in [2.75, 3.05) is 6.54 Å². The summed E-state index contributed by atoms with van der Waals surface area (Å²) in [6, 6.07) is 8.24. The lowest BCUT2D eigenvalue weighted by Gasteiger charge is -2.23. The molecule has 0 heterocycles. The normalized spacial score (nSPS) is 12.2. The Labute approximate surface area is 110 Å². The standard InChI is InChI=1S/C15H24N2O/c1-4-9-17(15(18)10-13(3)16)11-14-7-5-12(2)6-8-14/h5-8,13H,4,9-11,16H2,1-3H3. The number of carbonyl (C=O) groups excluding carboxylic acids is 1. The Bertz CT molecular complexity index is 371. The van der Waals surface area contributed by atoms with E-state index in [2.05, 4.69) is 38.1 Å². The summed E-state index contributed by atoms with van der Waals surface area (Å²) in [4.78, 5) is 14.0. The van der Waals surface area contributed by atoms with E-state index in [4.69, 9.17) is 5.73 Å². The third-order valence-electron chi connectivity index (χ3n) is 2.84. The largest absolute Gasteiger partial charge is 0.338 e. The van der Waals surface area contributed by atoms with E-state index in [1.54, 1.807) is 0 Å². The van der Waals surface area contributed by atoms with Crippen LogP contribution in [0.25, 0.3) is 0 Å². The third kappa shape index (κ3) is 4.88. The van der Waals surface area contributed by atoms with Gasteiger partial charge in [0.15, 0.2) is 0 Å². The maximum absolute atomic E-state index is 12.1. The predicted molar refractivity (Wildman–Crippen MR) is 75.2 cm³/mol. The molecule has 18 heavy (non-hydrogen) atoms. The minimum absolute atomic E-state index is 0.0742. The van der Waals surface area contributed by atoms with Crippen molar-refractivity contribution in [3.8, 4) is 0 Å². The molecular formula is C15H24N2O. The summed E-state index contributed by atoms with van der Waals surface area (Å²) in [5, 5.41) is 0. The van der Waals surface area contributed by atoms with Gasteiger partial charge in [0.1, 0.15) is 0 Å². The van der Waals surface area contributed by atoms with Crippen molar-refractivity contribution in [2.45, 2.75) is 46.2 Å². The highest BCUT2D eigenvalue weighted by Crippen LogP contribution is 2.09. The van der Waals surface area contributed by atoms with Crippen molar-refractivity contribution in [3.05, 3.63) is 35.4 Å². The highest BCUT2D eigenvalue weighted by atomic mass is 16.2. The van der Waals surface area contributed by atoms with Gasteiger partial charge < -0.3 is 10.6 Å². The van der Waals surface area contributed by atoms with Gasteiger partial charge in [-0.3, -0.25) is 4.79 Å². The zero-order chi connectivity index (χ0) is 13.5. The molecule has 0 saturated carbocycles. The van der Waals surface area contributed by atoms with Gasteiger partial charge in [0.25, 0.3) is 0 Å². The summed E-state index contributed by atoms with van der Waals surface area (Å²) in [7, 11) is 0. The highest BCUT2D eigenvalue weighted by molar-refractivity contribution is 5.76. The number of hydrogen-bond acceptors (Lipinski definition) is 2. The van der Waals surface area contributed by atoms with E-state index in [9.17, 15) is 4.79 Å². The fourth-order valence-electron chi connectivity index (χ4n) is 1.88. The van der Waals surface area contributed by atoms with E-state index in [0.29, 0.717) is 13.0 Å². The maximum Gasteiger partial charge on any atom is 0.224 e. The van der Waals surface area contributed by atoms with Crippen LogP contribution in [-0.2, 0) is 11.3 Å². The average molecular weight is 248 g/mol. The van der Waals surface area contributed by atoms with Crippen LogP contribution in [0.4, 0.5) is 0 Å². The van der Waals surface area contributed by atoms with Crippen molar-refractivity contribution >= 4 is 5.91 Å². The molecule has 0 aliphatic carbocycles. The Hall–Kier alpha value is -1.35. The first-order valence-corrected chi connectivity index (χ1v) is 6.61. The summed E-state index contributed by atoms with van der Waals surface area (Å²) in [6.45, 7) is 7.49. The molecular weight excluding hydrogens is 224 g/mol. The van der Waals surface area contributed by atoms with Crippen molar-refractivity contribution < 1.29 is 4.79 Å². The Morgan fingerprint density at radius 1 is 1.33 bits per heavy atom. The van der Waals surface area contributed by atoms with Gasteiger partial charge in [0.2, 0.25) is 5.91 Å². The molecule has 1 unspecified atom stereocenters. The fraction of sp³-hybridized carbons (Fsp3) is 0.533. The lowest BCUT2D eigenvalue weighted by Crippen LogP contribution is -2.35. The monoisotopic (exact) mass is 248 g/mol. The van der Waals surface area contributed by atoms with Crippen LogP contribution in [0.2, 0.25) is 0 Å². The summed E-state index contributed by atoms with van der Waals surface area (Å²) in [5.41, 5.74) is 8.10. The van der Waals surface area contributed by atoms with Gasteiger partial charge in [0, 0.05) is 25.6 Å². The smallest absolute Gasteiger partial charge is 0.224 e. The molecule has 0 spiro atoms. The zero-order valence-electron chi connectivity index (χ0n) is 11.6. The Kier molecular flexibility index (Phi) is 5.86. The van der Waals surface area contributed by atoms with Gasteiger partial charge >= 0.3 is 0 Å². The zero-order valence-corrected chi connectivity index (χ0v) is 11.6. The van der Waals surface area contributed by atoms with Gasteiger partial charge in [-0.25, -0.2) is 0 Å². The number of nitrogens with zero attached hydrogens (tertiary/aromatic N) is 1. The Morgan fingerprint density at radius 2 is 1.94 bits per heavy atom. The number of aryl methyl sites for hydroxylation is 1. The SMILES string of the molecule is CCCN(Cc1ccc(C)cc1)C(=O)CC(C)N. The molecule has 3 nitrogen and oxygen atoms in total. The molecule has 1 atom stereocenters. The lowest BCUT2D eigenvalue weighted by molar-refractivity contribution is -0.132. The van der Waals surface area contributed by atoms with E-state index < -0.39 is 0 Å². The molecule has 0 radical (unpaired) electrons. The molecule has 3 heteroatoms. The Morgan fingerprint density at radius 3 is 2.44 bits per heavy atom.